The van der Waals surface area contributed by atoms with E-state index in [9.17, 15) is 35.9 Å². The minimum atomic E-state index is -5.00. The number of primary amides is 1. The molecule has 0 aliphatic carbocycles. The van der Waals surface area contributed by atoms with E-state index in [1.165, 1.54) is 4.90 Å². The standard InChI is InChI=1S/C32H37Cl2F6N3O2/c1-29(2,28(41)45)21-6-11-42(12-7-21)13-9-30(22-4-5-25(33)26(34)18-22)8-3-10-43(19-30)27(44)16-20-14-23(31(35,36)37)17-24(15-20)32(38,39)40/h4-5,14-15,17-18,21H,3,6-13,16,19H2,1-2H3,(H2,41,45). The van der Waals surface area contributed by atoms with E-state index in [4.69, 9.17) is 28.9 Å². The van der Waals surface area contributed by atoms with Crippen LogP contribution in [-0.4, -0.2) is 54.3 Å². The summed E-state index contributed by atoms with van der Waals surface area (Å²) in [6.45, 7) is 6.48. The summed E-state index contributed by atoms with van der Waals surface area (Å²) in [6.07, 6.45) is -7.10. The average molecular weight is 681 g/mol. The van der Waals surface area contributed by atoms with Gasteiger partial charge in [-0.2, -0.15) is 26.3 Å². The molecule has 5 nitrogen and oxygen atoms in total. The topological polar surface area (TPSA) is 66.6 Å². The molecule has 2 heterocycles. The third-order valence-corrected chi connectivity index (χ3v) is 10.4. The van der Waals surface area contributed by atoms with Crippen LogP contribution < -0.4 is 5.73 Å². The number of hydrogen-bond acceptors (Lipinski definition) is 3. The van der Waals surface area contributed by atoms with E-state index in [0.717, 1.165) is 31.5 Å². The Kier molecular flexibility index (Phi) is 10.5. The maximum atomic E-state index is 13.5. The van der Waals surface area contributed by atoms with Crippen LogP contribution >= 0.6 is 23.2 Å². The van der Waals surface area contributed by atoms with Gasteiger partial charge in [-0.1, -0.05) is 43.1 Å². The number of rotatable bonds is 8. The third-order valence-electron chi connectivity index (χ3n) is 9.61. The molecule has 13 heteroatoms. The van der Waals surface area contributed by atoms with E-state index < -0.39 is 46.6 Å². The lowest BCUT2D eigenvalue weighted by Gasteiger charge is -2.45. The highest BCUT2D eigenvalue weighted by Crippen LogP contribution is 2.42. The summed E-state index contributed by atoms with van der Waals surface area (Å²) in [5, 5.41) is 0.707. The maximum absolute atomic E-state index is 13.5. The molecule has 2 aliphatic heterocycles. The Hall–Kier alpha value is -2.50. The van der Waals surface area contributed by atoms with Crippen molar-refractivity contribution < 1.29 is 35.9 Å². The van der Waals surface area contributed by atoms with Gasteiger partial charge in [0.05, 0.1) is 27.6 Å². The smallest absolute Gasteiger partial charge is 0.369 e. The van der Waals surface area contributed by atoms with Crippen LogP contribution in [0.3, 0.4) is 0 Å². The van der Waals surface area contributed by atoms with Crippen LogP contribution in [0.25, 0.3) is 0 Å². The van der Waals surface area contributed by atoms with Gasteiger partial charge in [-0.3, -0.25) is 9.59 Å². The Morgan fingerprint density at radius 2 is 1.51 bits per heavy atom. The Morgan fingerprint density at radius 1 is 0.911 bits per heavy atom. The molecule has 0 bridgehead atoms. The first kappa shape index (κ1) is 35.4. The lowest BCUT2D eigenvalue weighted by atomic mass is 9.71. The maximum Gasteiger partial charge on any atom is 0.416 e. The minimum absolute atomic E-state index is 0.0574. The molecule has 0 saturated carbocycles. The number of nitrogens with zero attached hydrogens (tertiary/aromatic N) is 2. The number of carbonyl (C=O) groups is 2. The molecule has 45 heavy (non-hydrogen) atoms. The zero-order chi connectivity index (χ0) is 33.4. The molecule has 2 amide bonds. The molecule has 4 rings (SSSR count). The lowest BCUT2D eigenvalue weighted by molar-refractivity contribution is -0.143. The van der Waals surface area contributed by atoms with Crippen molar-refractivity contribution in [2.24, 2.45) is 17.1 Å². The lowest BCUT2D eigenvalue weighted by Crippen LogP contribution is -2.51. The van der Waals surface area contributed by atoms with E-state index in [1.807, 2.05) is 19.9 Å². The van der Waals surface area contributed by atoms with Crippen molar-refractivity contribution in [1.29, 1.82) is 0 Å². The van der Waals surface area contributed by atoms with Gasteiger partial charge in [0.25, 0.3) is 0 Å². The van der Waals surface area contributed by atoms with Gasteiger partial charge >= 0.3 is 12.4 Å². The molecule has 0 aromatic heterocycles. The van der Waals surface area contributed by atoms with E-state index in [0.29, 0.717) is 54.5 Å². The second-order valence-electron chi connectivity index (χ2n) is 12.9. The molecular formula is C32H37Cl2F6N3O2. The quantitative estimate of drug-likeness (QED) is 0.290. The highest BCUT2D eigenvalue weighted by molar-refractivity contribution is 6.42. The fraction of sp³-hybridized carbons (Fsp3) is 0.562. The SMILES string of the molecule is CC(C)(C(N)=O)C1CCN(CCC2(c3ccc(Cl)c(Cl)c3)CCCN(C(=O)Cc3cc(C(F)(F)F)cc(C(F)(F)F)c3)C2)CC1. The Balaban J connectivity index is 1.55. The van der Waals surface area contributed by atoms with Crippen molar-refractivity contribution in [3.63, 3.8) is 0 Å². The summed E-state index contributed by atoms with van der Waals surface area (Å²) in [7, 11) is 0. The first-order valence-electron chi connectivity index (χ1n) is 14.9. The number of piperidine rings is 2. The second kappa shape index (κ2) is 13.3. The fourth-order valence-corrected chi connectivity index (χ4v) is 6.91. The number of hydrogen-bond donors (Lipinski definition) is 1. The summed E-state index contributed by atoms with van der Waals surface area (Å²) in [5.41, 5.74) is 2.05. The van der Waals surface area contributed by atoms with Crippen LogP contribution in [-0.2, 0) is 33.8 Å². The van der Waals surface area contributed by atoms with Crippen molar-refractivity contribution in [3.05, 3.63) is 68.7 Å². The summed E-state index contributed by atoms with van der Waals surface area (Å²) in [4.78, 5) is 29.3. The van der Waals surface area contributed by atoms with Crippen LogP contribution in [0.5, 0.6) is 0 Å². The zero-order valence-electron chi connectivity index (χ0n) is 25.1. The van der Waals surface area contributed by atoms with Gasteiger partial charge in [0.2, 0.25) is 11.8 Å². The number of alkyl halides is 6. The number of amides is 2. The van der Waals surface area contributed by atoms with E-state index >= 15 is 0 Å². The molecule has 1 unspecified atom stereocenters. The van der Waals surface area contributed by atoms with E-state index in [2.05, 4.69) is 4.90 Å². The first-order chi connectivity index (χ1) is 20.8. The predicted octanol–water partition coefficient (Wildman–Crippen LogP) is 7.75. The normalized spacial score (nSPS) is 20.8. The van der Waals surface area contributed by atoms with Crippen LogP contribution in [0.15, 0.2) is 36.4 Å². The summed E-state index contributed by atoms with van der Waals surface area (Å²) < 4.78 is 80.5. The third kappa shape index (κ3) is 8.27. The van der Waals surface area contributed by atoms with Gasteiger partial charge < -0.3 is 15.5 Å². The molecule has 2 N–H and O–H groups in total. The van der Waals surface area contributed by atoms with Crippen molar-refractivity contribution >= 4 is 35.0 Å². The highest BCUT2D eigenvalue weighted by atomic mass is 35.5. The average Bonchev–Trinajstić information content (AvgIpc) is 2.96. The first-order valence-corrected chi connectivity index (χ1v) is 15.6. The minimum Gasteiger partial charge on any atom is -0.369 e. The molecular weight excluding hydrogens is 643 g/mol. The van der Waals surface area contributed by atoms with Crippen LogP contribution in [0, 0.1) is 11.3 Å². The number of halogens is 8. The van der Waals surface area contributed by atoms with Gasteiger partial charge in [-0.05, 0) is 99.1 Å². The summed E-state index contributed by atoms with van der Waals surface area (Å²) in [6, 6.07) is 6.56. The molecule has 248 valence electrons. The predicted molar refractivity (Wildman–Crippen MR) is 161 cm³/mol. The second-order valence-corrected chi connectivity index (χ2v) is 13.7. The van der Waals surface area contributed by atoms with Crippen LogP contribution in [0.4, 0.5) is 26.3 Å². The van der Waals surface area contributed by atoms with Gasteiger partial charge in [-0.15, -0.1) is 0 Å². The number of carbonyl (C=O) groups excluding carboxylic acids is 2. The summed E-state index contributed by atoms with van der Waals surface area (Å²) >= 11 is 12.6. The van der Waals surface area contributed by atoms with Crippen LogP contribution in [0.2, 0.25) is 10.0 Å². The Bertz CT molecular complexity index is 1370. The largest absolute Gasteiger partial charge is 0.416 e. The van der Waals surface area contributed by atoms with Gasteiger partial charge in [-0.25, -0.2) is 0 Å². The highest BCUT2D eigenvalue weighted by Gasteiger charge is 2.42. The molecule has 0 radical (unpaired) electrons. The molecule has 0 spiro atoms. The molecule has 2 aromatic carbocycles. The number of nitrogens with two attached hydrogens (primary N) is 1. The van der Waals surface area contributed by atoms with Crippen LogP contribution in [0.1, 0.15) is 68.2 Å². The Morgan fingerprint density at radius 3 is 2.04 bits per heavy atom. The molecule has 2 aromatic rings. The van der Waals surface area contributed by atoms with Crippen molar-refractivity contribution in [2.75, 3.05) is 32.7 Å². The number of likely N-dealkylation sites (tertiary alicyclic amines) is 2. The molecule has 2 saturated heterocycles. The van der Waals surface area contributed by atoms with E-state index in [-0.39, 0.29) is 30.0 Å². The van der Waals surface area contributed by atoms with Gasteiger partial charge in [0, 0.05) is 23.9 Å². The van der Waals surface area contributed by atoms with Crippen molar-refractivity contribution in [3.8, 4) is 0 Å². The zero-order valence-corrected chi connectivity index (χ0v) is 26.6. The van der Waals surface area contributed by atoms with Gasteiger partial charge in [0.15, 0.2) is 0 Å². The van der Waals surface area contributed by atoms with Crippen molar-refractivity contribution in [1.82, 2.24) is 9.80 Å². The summed E-state index contributed by atoms with van der Waals surface area (Å²) in [5.74, 6) is -0.723. The molecule has 2 fully saturated rings. The molecule has 2 aliphatic rings. The fourth-order valence-electron chi connectivity index (χ4n) is 6.61. The monoisotopic (exact) mass is 679 g/mol. The Labute approximate surface area is 269 Å². The van der Waals surface area contributed by atoms with E-state index in [1.54, 1.807) is 12.1 Å². The van der Waals surface area contributed by atoms with Crippen molar-refractivity contribution in [2.45, 2.75) is 70.1 Å². The molecule has 1 atom stereocenters. The number of benzene rings is 2. The van der Waals surface area contributed by atoms with Gasteiger partial charge in [0.1, 0.15) is 0 Å².